The van der Waals surface area contributed by atoms with Crippen LogP contribution < -0.4 is 4.90 Å². The van der Waals surface area contributed by atoms with E-state index in [0.29, 0.717) is 5.89 Å². The Morgan fingerprint density at radius 2 is 1.06 bits per heavy atom. The lowest BCUT2D eigenvalue weighted by Crippen LogP contribution is -2.09. The topological polar surface area (TPSA) is 47.3 Å². The number of para-hydroxylation sites is 2. The second-order valence-electron chi connectivity index (χ2n) is 13.6. The molecular formula is C49H31N3O2. The van der Waals surface area contributed by atoms with Crippen molar-refractivity contribution in [2.45, 2.75) is 0 Å². The van der Waals surface area contributed by atoms with E-state index in [9.17, 15) is 0 Å². The first-order chi connectivity index (χ1) is 26.8. The van der Waals surface area contributed by atoms with Crippen molar-refractivity contribution in [1.82, 2.24) is 9.55 Å². The second-order valence-corrected chi connectivity index (χ2v) is 13.6. The first-order valence-corrected chi connectivity index (χ1v) is 18.1. The van der Waals surface area contributed by atoms with E-state index in [4.69, 9.17) is 13.8 Å². The Bertz CT molecular complexity index is 3140. The molecule has 5 nitrogen and oxygen atoms in total. The third-order valence-electron chi connectivity index (χ3n) is 10.4. The molecule has 0 aliphatic carbocycles. The van der Waals surface area contributed by atoms with E-state index >= 15 is 0 Å². The fourth-order valence-corrected chi connectivity index (χ4v) is 7.91. The molecule has 0 saturated heterocycles. The van der Waals surface area contributed by atoms with Crippen molar-refractivity contribution in [3.05, 3.63) is 188 Å². The maximum absolute atomic E-state index is 6.58. The largest absolute Gasteiger partial charge is 0.456 e. The summed E-state index contributed by atoms with van der Waals surface area (Å²) in [5.74, 6) is 0.596. The summed E-state index contributed by atoms with van der Waals surface area (Å²) in [7, 11) is 0. The molecular weight excluding hydrogens is 663 g/mol. The molecule has 11 aromatic rings. The van der Waals surface area contributed by atoms with Gasteiger partial charge in [0.05, 0.1) is 16.4 Å². The molecule has 0 saturated carbocycles. The van der Waals surface area contributed by atoms with Gasteiger partial charge in [0.15, 0.2) is 5.58 Å². The number of nitrogens with zero attached hydrogens (tertiary/aromatic N) is 3. The van der Waals surface area contributed by atoms with Gasteiger partial charge in [0.1, 0.15) is 16.7 Å². The highest BCUT2D eigenvalue weighted by molar-refractivity contribution is 6.17. The molecule has 0 spiro atoms. The zero-order valence-electron chi connectivity index (χ0n) is 29.1. The minimum Gasteiger partial charge on any atom is -0.456 e. The van der Waals surface area contributed by atoms with Gasteiger partial charge in [0, 0.05) is 50.5 Å². The van der Waals surface area contributed by atoms with Crippen LogP contribution in [0.4, 0.5) is 17.1 Å². The highest BCUT2D eigenvalue weighted by Crippen LogP contribution is 2.43. The maximum Gasteiger partial charge on any atom is 0.227 e. The Morgan fingerprint density at radius 3 is 1.85 bits per heavy atom. The Morgan fingerprint density at radius 1 is 0.426 bits per heavy atom. The molecule has 0 unspecified atom stereocenters. The van der Waals surface area contributed by atoms with Crippen molar-refractivity contribution in [3.8, 4) is 28.3 Å². The number of oxazole rings is 1. The third-order valence-corrected chi connectivity index (χ3v) is 10.4. The summed E-state index contributed by atoms with van der Waals surface area (Å²) in [6.07, 6.45) is 0. The molecule has 8 aromatic carbocycles. The van der Waals surface area contributed by atoms with Crippen LogP contribution in [0.5, 0.6) is 0 Å². The van der Waals surface area contributed by atoms with Gasteiger partial charge in [-0.25, -0.2) is 4.98 Å². The number of hydrogen-bond donors (Lipinski definition) is 0. The Kier molecular flexibility index (Phi) is 6.79. The van der Waals surface area contributed by atoms with Gasteiger partial charge in [0.2, 0.25) is 5.89 Å². The van der Waals surface area contributed by atoms with Crippen LogP contribution in [-0.4, -0.2) is 9.55 Å². The summed E-state index contributed by atoms with van der Waals surface area (Å²) in [6.45, 7) is 0. The lowest BCUT2D eigenvalue weighted by molar-refractivity contribution is 0.622. The number of fused-ring (bicyclic) bond motifs is 8. The summed E-state index contributed by atoms with van der Waals surface area (Å²) in [6, 6.07) is 65.7. The molecule has 54 heavy (non-hydrogen) atoms. The second kappa shape index (κ2) is 12.1. The summed E-state index contributed by atoms with van der Waals surface area (Å²) in [4.78, 5) is 7.14. The monoisotopic (exact) mass is 693 g/mol. The molecule has 0 atom stereocenters. The molecule has 254 valence electrons. The summed E-state index contributed by atoms with van der Waals surface area (Å²) in [5.41, 5.74) is 12.9. The van der Waals surface area contributed by atoms with E-state index in [2.05, 4.69) is 149 Å². The number of aromatic nitrogens is 2. The van der Waals surface area contributed by atoms with Crippen LogP contribution in [0.2, 0.25) is 0 Å². The predicted molar refractivity (Wildman–Crippen MR) is 221 cm³/mol. The molecule has 3 heterocycles. The molecule has 0 radical (unpaired) electrons. The van der Waals surface area contributed by atoms with Crippen LogP contribution in [0.15, 0.2) is 197 Å². The van der Waals surface area contributed by atoms with E-state index in [1.54, 1.807) is 0 Å². The van der Waals surface area contributed by atoms with Crippen LogP contribution >= 0.6 is 0 Å². The molecule has 0 fully saturated rings. The van der Waals surface area contributed by atoms with Crippen LogP contribution in [-0.2, 0) is 0 Å². The van der Waals surface area contributed by atoms with Crippen LogP contribution in [0.1, 0.15) is 0 Å². The molecule has 3 aromatic heterocycles. The van der Waals surface area contributed by atoms with Crippen molar-refractivity contribution in [2.75, 3.05) is 4.90 Å². The first-order valence-electron chi connectivity index (χ1n) is 18.1. The molecule has 0 aliphatic heterocycles. The molecule has 11 rings (SSSR count). The minimum atomic E-state index is 0.596. The molecule has 0 amide bonds. The fraction of sp³-hybridized carbons (Fsp3) is 0. The zero-order chi connectivity index (χ0) is 35.6. The summed E-state index contributed by atoms with van der Waals surface area (Å²) in [5, 5.41) is 4.30. The number of anilines is 3. The summed E-state index contributed by atoms with van der Waals surface area (Å²) < 4.78 is 15.4. The van der Waals surface area contributed by atoms with E-state index in [1.165, 1.54) is 27.4 Å². The van der Waals surface area contributed by atoms with Crippen molar-refractivity contribution in [1.29, 1.82) is 0 Å². The van der Waals surface area contributed by atoms with Gasteiger partial charge in [-0.05, 0) is 96.1 Å². The highest BCUT2D eigenvalue weighted by Gasteiger charge is 2.21. The van der Waals surface area contributed by atoms with E-state index in [0.717, 1.165) is 66.9 Å². The Labute approximate surface area is 310 Å². The van der Waals surface area contributed by atoms with Gasteiger partial charge in [-0.1, -0.05) is 97.1 Å². The van der Waals surface area contributed by atoms with Crippen molar-refractivity contribution in [2.24, 2.45) is 0 Å². The summed E-state index contributed by atoms with van der Waals surface area (Å²) >= 11 is 0. The Hall–Kier alpha value is -7.37. The predicted octanol–water partition coefficient (Wildman–Crippen LogP) is 13.6. The standard InChI is InChI=1S/C49H31N3O2/c1-4-12-32(13-5-1)33-20-22-36(23-21-33)51(37-25-28-44-41(30-37)39-18-10-11-19-43(39)52(44)35-16-8-3-9-17-35)38-24-26-40-46(31-38)53-45-29-27-42-48(47(40)45)54-49(50-42)34-14-6-2-7-15-34/h1-31H. The van der Waals surface area contributed by atoms with Gasteiger partial charge in [-0.2, -0.15) is 0 Å². The lowest BCUT2D eigenvalue weighted by Gasteiger charge is -2.26. The van der Waals surface area contributed by atoms with Crippen molar-refractivity contribution < 1.29 is 8.83 Å². The molecule has 0 bridgehead atoms. The first kappa shape index (κ1) is 30.3. The third kappa shape index (κ3) is 4.83. The van der Waals surface area contributed by atoms with Crippen LogP contribution in [0.25, 0.3) is 83.1 Å². The normalized spacial score (nSPS) is 11.7. The average molecular weight is 694 g/mol. The van der Waals surface area contributed by atoms with E-state index in [1.807, 2.05) is 48.5 Å². The minimum absolute atomic E-state index is 0.596. The number of furan rings is 1. The van der Waals surface area contributed by atoms with Gasteiger partial charge in [-0.15, -0.1) is 0 Å². The van der Waals surface area contributed by atoms with E-state index < -0.39 is 0 Å². The van der Waals surface area contributed by atoms with Crippen molar-refractivity contribution in [3.63, 3.8) is 0 Å². The molecule has 5 heteroatoms. The lowest BCUT2D eigenvalue weighted by atomic mass is 10.0. The van der Waals surface area contributed by atoms with Gasteiger partial charge >= 0.3 is 0 Å². The average Bonchev–Trinajstić information content (AvgIpc) is 3.94. The van der Waals surface area contributed by atoms with Crippen molar-refractivity contribution >= 4 is 71.9 Å². The van der Waals surface area contributed by atoms with Crippen LogP contribution in [0.3, 0.4) is 0 Å². The zero-order valence-corrected chi connectivity index (χ0v) is 29.1. The highest BCUT2D eigenvalue weighted by atomic mass is 16.4. The quantitative estimate of drug-likeness (QED) is 0.174. The van der Waals surface area contributed by atoms with Gasteiger partial charge in [-0.3, -0.25) is 0 Å². The van der Waals surface area contributed by atoms with E-state index in [-0.39, 0.29) is 0 Å². The van der Waals surface area contributed by atoms with Crippen LogP contribution in [0, 0.1) is 0 Å². The number of rotatable bonds is 6. The number of hydrogen-bond acceptors (Lipinski definition) is 4. The number of benzene rings is 8. The fourth-order valence-electron chi connectivity index (χ4n) is 7.91. The van der Waals surface area contributed by atoms with Gasteiger partial charge < -0.3 is 18.3 Å². The Balaban J connectivity index is 1.10. The van der Waals surface area contributed by atoms with Gasteiger partial charge in [0.25, 0.3) is 0 Å². The SMILES string of the molecule is c1ccc(-c2ccc(N(c3ccc4c(c3)oc3ccc5nc(-c6ccccc6)oc5c34)c3ccc4c(c3)c3ccccc3n4-c3ccccc3)cc2)cc1. The molecule has 0 N–H and O–H groups in total. The smallest absolute Gasteiger partial charge is 0.227 e. The molecule has 0 aliphatic rings. The maximum atomic E-state index is 6.58.